The standard InChI is InChI=1S/C13H12O4/c1-15-11-4-2-10(3-5-11)9-16-13-7-6-12(8-14)17-13/h2-8H,9H2,1H3. The van der Waals surface area contributed by atoms with Crippen LogP contribution in [0.25, 0.3) is 0 Å². The number of rotatable bonds is 5. The molecule has 0 amide bonds. The fourth-order valence-corrected chi connectivity index (χ4v) is 1.35. The van der Waals surface area contributed by atoms with Gasteiger partial charge in [-0.15, -0.1) is 0 Å². The SMILES string of the molecule is COc1ccc(COc2ccc(C=O)o2)cc1. The first kappa shape index (κ1) is 11.3. The van der Waals surface area contributed by atoms with Gasteiger partial charge < -0.3 is 13.9 Å². The maximum Gasteiger partial charge on any atom is 0.285 e. The van der Waals surface area contributed by atoms with Gasteiger partial charge in [0.15, 0.2) is 12.0 Å². The third-order valence-electron chi connectivity index (χ3n) is 2.26. The average molecular weight is 232 g/mol. The molecule has 0 unspecified atom stereocenters. The van der Waals surface area contributed by atoms with Gasteiger partial charge in [0.25, 0.3) is 5.95 Å². The Morgan fingerprint density at radius 1 is 1.18 bits per heavy atom. The zero-order chi connectivity index (χ0) is 12.1. The van der Waals surface area contributed by atoms with Crippen molar-refractivity contribution >= 4 is 6.29 Å². The monoisotopic (exact) mass is 232 g/mol. The molecule has 0 saturated heterocycles. The van der Waals surface area contributed by atoms with Gasteiger partial charge in [-0.25, -0.2) is 0 Å². The van der Waals surface area contributed by atoms with Gasteiger partial charge in [0, 0.05) is 6.07 Å². The molecule has 0 aliphatic rings. The van der Waals surface area contributed by atoms with E-state index in [0.29, 0.717) is 18.8 Å². The first-order chi connectivity index (χ1) is 8.31. The molecule has 0 aliphatic heterocycles. The fraction of sp³-hybridized carbons (Fsp3) is 0.154. The Balaban J connectivity index is 1.94. The fourth-order valence-electron chi connectivity index (χ4n) is 1.35. The maximum absolute atomic E-state index is 10.4. The predicted molar refractivity (Wildman–Crippen MR) is 61.4 cm³/mol. The van der Waals surface area contributed by atoms with E-state index in [1.54, 1.807) is 19.2 Å². The summed E-state index contributed by atoms with van der Waals surface area (Å²) < 4.78 is 15.5. The summed E-state index contributed by atoms with van der Waals surface area (Å²) in [6.45, 7) is 0.385. The molecule has 0 bridgehead atoms. The van der Waals surface area contributed by atoms with E-state index in [2.05, 4.69) is 0 Å². The van der Waals surface area contributed by atoms with Crippen molar-refractivity contribution in [3.8, 4) is 11.7 Å². The molecule has 0 aliphatic carbocycles. The number of hydrogen-bond acceptors (Lipinski definition) is 4. The molecule has 0 fully saturated rings. The number of hydrogen-bond donors (Lipinski definition) is 0. The lowest BCUT2D eigenvalue weighted by Crippen LogP contribution is -1.94. The van der Waals surface area contributed by atoms with Crippen LogP contribution in [0.5, 0.6) is 11.7 Å². The Labute approximate surface area is 98.8 Å². The van der Waals surface area contributed by atoms with E-state index >= 15 is 0 Å². The highest BCUT2D eigenvalue weighted by Gasteiger charge is 2.02. The molecule has 88 valence electrons. The lowest BCUT2D eigenvalue weighted by Gasteiger charge is -2.04. The Morgan fingerprint density at radius 3 is 2.53 bits per heavy atom. The summed E-state index contributed by atoms with van der Waals surface area (Å²) in [7, 11) is 1.62. The van der Waals surface area contributed by atoms with Crippen molar-refractivity contribution in [1.82, 2.24) is 0 Å². The van der Waals surface area contributed by atoms with Gasteiger partial charge in [-0.05, 0) is 23.8 Å². The van der Waals surface area contributed by atoms with Crippen molar-refractivity contribution in [3.63, 3.8) is 0 Å². The molecule has 2 aromatic rings. The minimum atomic E-state index is 0.259. The second-order valence-electron chi connectivity index (χ2n) is 3.41. The van der Waals surface area contributed by atoms with E-state index in [1.807, 2.05) is 24.3 Å². The van der Waals surface area contributed by atoms with E-state index in [-0.39, 0.29) is 5.76 Å². The highest BCUT2D eigenvalue weighted by molar-refractivity contribution is 5.70. The van der Waals surface area contributed by atoms with E-state index in [9.17, 15) is 4.79 Å². The van der Waals surface area contributed by atoms with Crippen LogP contribution in [0.3, 0.4) is 0 Å². The highest BCUT2D eigenvalue weighted by atomic mass is 16.6. The quantitative estimate of drug-likeness (QED) is 0.743. The number of ether oxygens (including phenoxy) is 2. The summed E-state index contributed by atoms with van der Waals surface area (Å²) in [5.41, 5.74) is 0.995. The average Bonchev–Trinajstić information content (AvgIpc) is 2.85. The highest BCUT2D eigenvalue weighted by Crippen LogP contribution is 2.17. The van der Waals surface area contributed by atoms with Crippen LogP contribution in [0.1, 0.15) is 16.1 Å². The first-order valence-electron chi connectivity index (χ1n) is 5.12. The normalized spacial score (nSPS) is 9.94. The Morgan fingerprint density at radius 2 is 1.94 bits per heavy atom. The van der Waals surface area contributed by atoms with E-state index < -0.39 is 0 Å². The number of methoxy groups -OCH3 is 1. The van der Waals surface area contributed by atoms with E-state index in [1.165, 1.54) is 0 Å². The molecule has 0 N–H and O–H groups in total. The molecule has 1 aromatic carbocycles. The number of carbonyl (C=O) groups excluding carboxylic acids is 1. The minimum Gasteiger partial charge on any atom is -0.497 e. The smallest absolute Gasteiger partial charge is 0.285 e. The van der Waals surface area contributed by atoms with Crippen LogP contribution in [0.15, 0.2) is 40.8 Å². The summed E-state index contributed by atoms with van der Waals surface area (Å²) in [5, 5.41) is 0. The van der Waals surface area contributed by atoms with Crippen LogP contribution in [-0.2, 0) is 6.61 Å². The van der Waals surface area contributed by atoms with Crippen LogP contribution in [0, 0.1) is 0 Å². The summed E-state index contributed by atoms with van der Waals surface area (Å²) in [5.74, 6) is 1.40. The van der Waals surface area contributed by atoms with Crippen LogP contribution in [0.4, 0.5) is 0 Å². The van der Waals surface area contributed by atoms with Crippen molar-refractivity contribution in [2.75, 3.05) is 7.11 Å². The molecule has 1 aromatic heterocycles. The van der Waals surface area contributed by atoms with Crippen molar-refractivity contribution in [2.24, 2.45) is 0 Å². The molecule has 4 nitrogen and oxygen atoms in total. The molecule has 1 heterocycles. The van der Waals surface area contributed by atoms with Gasteiger partial charge in [0.2, 0.25) is 0 Å². The van der Waals surface area contributed by atoms with Gasteiger partial charge in [-0.3, -0.25) is 4.79 Å². The molecule has 0 radical (unpaired) electrons. The van der Waals surface area contributed by atoms with Crippen molar-refractivity contribution in [2.45, 2.75) is 6.61 Å². The van der Waals surface area contributed by atoms with Crippen molar-refractivity contribution in [3.05, 3.63) is 47.7 Å². The molecular weight excluding hydrogens is 220 g/mol. The summed E-state index contributed by atoms with van der Waals surface area (Å²) >= 11 is 0. The predicted octanol–water partition coefficient (Wildman–Crippen LogP) is 2.68. The minimum absolute atomic E-state index is 0.259. The van der Waals surface area contributed by atoms with Gasteiger partial charge in [-0.1, -0.05) is 12.1 Å². The maximum atomic E-state index is 10.4. The lowest BCUT2D eigenvalue weighted by molar-refractivity contribution is 0.109. The Kier molecular flexibility index (Phi) is 3.45. The third-order valence-corrected chi connectivity index (χ3v) is 2.26. The summed E-state index contributed by atoms with van der Waals surface area (Å²) in [6.07, 6.45) is 0.639. The molecule has 0 atom stereocenters. The van der Waals surface area contributed by atoms with Crippen molar-refractivity contribution < 1.29 is 18.7 Å². The number of furan rings is 1. The largest absolute Gasteiger partial charge is 0.497 e. The van der Waals surface area contributed by atoms with Gasteiger partial charge in [0.05, 0.1) is 7.11 Å². The van der Waals surface area contributed by atoms with Gasteiger partial charge in [-0.2, -0.15) is 0 Å². The lowest BCUT2D eigenvalue weighted by atomic mass is 10.2. The summed E-state index contributed by atoms with van der Waals surface area (Å²) in [6, 6.07) is 10.7. The van der Waals surface area contributed by atoms with Crippen LogP contribution in [0.2, 0.25) is 0 Å². The number of carbonyl (C=O) groups is 1. The number of benzene rings is 1. The zero-order valence-corrected chi connectivity index (χ0v) is 9.38. The number of aldehydes is 1. The molecule has 0 spiro atoms. The van der Waals surface area contributed by atoms with Crippen LogP contribution >= 0.6 is 0 Å². The van der Waals surface area contributed by atoms with Gasteiger partial charge >= 0.3 is 0 Å². The Hall–Kier alpha value is -2.23. The molecule has 0 saturated carbocycles. The molecule has 17 heavy (non-hydrogen) atoms. The van der Waals surface area contributed by atoms with Crippen LogP contribution < -0.4 is 9.47 Å². The second-order valence-corrected chi connectivity index (χ2v) is 3.41. The third kappa shape index (κ3) is 2.87. The molecule has 2 rings (SSSR count). The molecule has 4 heteroatoms. The second kappa shape index (κ2) is 5.21. The topological polar surface area (TPSA) is 48.7 Å². The zero-order valence-electron chi connectivity index (χ0n) is 9.38. The first-order valence-corrected chi connectivity index (χ1v) is 5.12. The Bertz CT molecular complexity index is 484. The molecular formula is C13H12O4. The van der Waals surface area contributed by atoms with E-state index in [0.717, 1.165) is 11.3 Å². The summed E-state index contributed by atoms with van der Waals surface area (Å²) in [4.78, 5) is 10.4. The van der Waals surface area contributed by atoms with Crippen LogP contribution in [-0.4, -0.2) is 13.4 Å². The van der Waals surface area contributed by atoms with E-state index in [4.69, 9.17) is 13.9 Å². The van der Waals surface area contributed by atoms with Gasteiger partial charge in [0.1, 0.15) is 12.4 Å². The van der Waals surface area contributed by atoms with Crippen molar-refractivity contribution in [1.29, 1.82) is 0 Å².